The highest BCUT2D eigenvalue weighted by molar-refractivity contribution is 14.0. The Labute approximate surface area is 205 Å². The van der Waals surface area contributed by atoms with Crippen LogP contribution in [0.25, 0.3) is 0 Å². The van der Waals surface area contributed by atoms with Gasteiger partial charge in [-0.3, -0.25) is 14.6 Å². The SMILES string of the molecule is CN=C(NCCCOc1ccccc1)NCc1ccc(C(=O)N2CCNC(=O)C2)cc1.I. The number of carbonyl (C=O) groups is 2. The first-order valence-corrected chi connectivity index (χ1v) is 10.4. The lowest BCUT2D eigenvalue weighted by Crippen LogP contribution is -2.49. The molecule has 32 heavy (non-hydrogen) atoms. The molecule has 3 N–H and O–H groups in total. The van der Waals surface area contributed by atoms with Crippen molar-refractivity contribution in [1.29, 1.82) is 0 Å². The van der Waals surface area contributed by atoms with Crippen LogP contribution in [-0.4, -0.2) is 62.5 Å². The molecule has 3 rings (SSSR count). The predicted octanol–water partition coefficient (Wildman–Crippen LogP) is 2.01. The zero-order valence-corrected chi connectivity index (χ0v) is 20.5. The molecule has 0 aromatic heterocycles. The first kappa shape index (κ1) is 25.4. The molecule has 0 atom stereocenters. The van der Waals surface area contributed by atoms with E-state index in [0.717, 1.165) is 24.3 Å². The number of hydrogen-bond acceptors (Lipinski definition) is 4. The predicted molar refractivity (Wildman–Crippen MR) is 136 cm³/mol. The van der Waals surface area contributed by atoms with Gasteiger partial charge in [0, 0.05) is 38.8 Å². The van der Waals surface area contributed by atoms with Crippen molar-refractivity contribution < 1.29 is 14.3 Å². The van der Waals surface area contributed by atoms with Gasteiger partial charge in [0.2, 0.25) is 5.91 Å². The number of benzene rings is 2. The monoisotopic (exact) mass is 551 g/mol. The highest BCUT2D eigenvalue weighted by atomic mass is 127. The number of guanidine groups is 1. The van der Waals surface area contributed by atoms with Crippen LogP contribution in [0.5, 0.6) is 5.75 Å². The van der Waals surface area contributed by atoms with E-state index in [1.54, 1.807) is 24.1 Å². The molecule has 2 amide bonds. The summed E-state index contributed by atoms with van der Waals surface area (Å²) in [7, 11) is 1.73. The molecule has 8 nitrogen and oxygen atoms in total. The molecule has 0 saturated carbocycles. The Hall–Kier alpha value is -2.82. The van der Waals surface area contributed by atoms with Gasteiger partial charge in [-0.1, -0.05) is 30.3 Å². The van der Waals surface area contributed by atoms with Gasteiger partial charge in [0.05, 0.1) is 13.2 Å². The molecule has 1 aliphatic rings. The van der Waals surface area contributed by atoms with Gasteiger partial charge >= 0.3 is 0 Å². The molecule has 0 bridgehead atoms. The fourth-order valence-corrected chi connectivity index (χ4v) is 3.15. The van der Waals surface area contributed by atoms with Gasteiger partial charge < -0.3 is 25.6 Å². The van der Waals surface area contributed by atoms with Gasteiger partial charge in [-0.2, -0.15) is 0 Å². The average molecular weight is 551 g/mol. The Bertz CT molecular complexity index is 890. The Balaban J connectivity index is 0.00000363. The van der Waals surface area contributed by atoms with Crippen LogP contribution < -0.4 is 20.7 Å². The Morgan fingerprint density at radius 3 is 2.56 bits per heavy atom. The lowest BCUT2D eigenvalue weighted by Gasteiger charge is -2.26. The molecule has 0 unspecified atom stereocenters. The first-order valence-electron chi connectivity index (χ1n) is 10.4. The standard InChI is InChI=1S/C23H29N5O3.HI/c1-24-23(26-12-5-15-31-20-6-3-2-4-7-20)27-16-18-8-10-19(11-9-18)22(30)28-14-13-25-21(29)17-28;/h2-4,6-11H,5,12-17H2,1H3,(H,25,29)(H2,24,26,27);1H. The molecular weight excluding hydrogens is 521 g/mol. The van der Waals surface area contributed by atoms with Crippen molar-refractivity contribution in [2.45, 2.75) is 13.0 Å². The van der Waals surface area contributed by atoms with E-state index in [1.807, 2.05) is 42.5 Å². The summed E-state index contributed by atoms with van der Waals surface area (Å²) in [6.45, 7) is 3.09. The second-order valence-electron chi connectivity index (χ2n) is 7.14. The van der Waals surface area contributed by atoms with E-state index in [4.69, 9.17) is 4.74 Å². The van der Waals surface area contributed by atoms with Crippen molar-refractivity contribution in [2.24, 2.45) is 4.99 Å². The topological polar surface area (TPSA) is 95.1 Å². The minimum atomic E-state index is -0.121. The number of nitrogens with one attached hydrogen (secondary N) is 3. The van der Waals surface area contributed by atoms with E-state index in [1.165, 1.54) is 0 Å². The minimum Gasteiger partial charge on any atom is -0.494 e. The van der Waals surface area contributed by atoms with Crippen molar-refractivity contribution in [3.8, 4) is 5.75 Å². The van der Waals surface area contributed by atoms with Crippen LogP contribution in [-0.2, 0) is 11.3 Å². The summed E-state index contributed by atoms with van der Waals surface area (Å²) in [5.74, 6) is 1.34. The molecule has 9 heteroatoms. The number of amides is 2. The van der Waals surface area contributed by atoms with Crippen molar-refractivity contribution >= 4 is 41.8 Å². The fourth-order valence-electron chi connectivity index (χ4n) is 3.15. The molecule has 172 valence electrons. The molecule has 2 aromatic rings. The summed E-state index contributed by atoms with van der Waals surface area (Å²) in [6.07, 6.45) is 0.848. The summed E-state index contributed by atoms with van der Waals surface area (Å²) in [5, 5.41) is 9.25. The fraction of sp³-hybridized carbons (Fsp3) is 0.348. The summed E-state index contributed by atoms with van der Waals surface area (Å²) < 4.78 is 5.68. The molecule has 1 heterocycles. The molecule has 0 aliphatic carbocycles. The maximum absolute atomic E-state index is 12.5. The van der Waals surface area contributed by atoms with Crippen LogP contribution in [0.3, 0.4) is 0 Å². The van der Waals surface area contributed by atoms with E-state index >= 15 is 0 Å². The van der Waals surface area contributed by atoms with Crippen LogP contribution in [0, 0.1) is 0 Å². The van der Waals surface area contributed by atoms with E-state index in [-0.39, 0.29) is 42.3 Å². The molecule has 1 fully saturated rings. The van der Waals surface area contributed by atoms with Crippen molar-refractivity contribution in [3.05, 3.63) is 65.7 Å². The number of carbonyl (C=O) groups excluding carboxylic acids is 2. The second kappa shape index (κ2) is 13.6. The molecule has 1 saturated heterocycles. The lowest BCUT2D eigenvalue weighted by molar-refractivity contribution is -0.123. The molecule has 2 aromatic carbocycles. The third-order valence-corrected chi connectivity index (χ3v) is 4.84. The number of halogens is 1. The maximum Gasteiger partial charge on any atom is 0.254 e. The molecular formula is C23H30IN5O3. The quantitative estimate of drug-likeness (QED) is 0.202. The van der Waals surface area contributed by atoms with Crippen molar-refractivity contribution in [2.75, 3.05) is 39.8 Å². The van der Waals surface area contributed by atoms with E-state index < -0.39 is 0 Å². The van der Waals surface area contributed by atoms with Gasteiger partial charge in [0.1, 0.15) is 5.75 Å². The van der Waals surface area contributed by atoms with Gasteiger partial charge in [0.15, 0.2) is 5.96 Å². The third kappa shape index (κ3) is 8.03. The van der Waals surface area contributed by atoms with Crippen molar-refractivity contribution in [1.82, 2.24) is 20.9 Å². The molecule has 0 radical (unpaired) electrons. The van der Waals surface area contributed by atoms with Gasteiger partial charge in [0.25, 0.3) is 5.91 Å². The highest BCUT2D eigenvalue weighted by Gasteiger charge is 2.22. The van der Waals surface area contributed by atoms with Gasteiger partial charge in [-0.25, -0.2) is 0 Å². The van der Waals surface area contributed by atoms with Crippen LogP contribution in [0.4, 0.5) is 0 Å². The summed E-state index contributed by atoms with van der Waals surface area (Å²) in [5.41, 5.74) is 1.61. The third-order valence-electron chi connectivity index (χ3n) is 4.84. The van der Waals surface area contributed by atoms with E-state index in [2.05, 4.69) is 20.9 Å². The Kier molecular flexibility index (Phi) is 10.8. The number of aliphatic imine (C=N–C) groups is 1. The van der Waals surface area contributed by atoms with Crippen molar-refractivity contribution in [3.63, 3.8) is 0 Å². The van der Waals surface area contributed by atoms with E-state index in [0.29, 0.717) is 37.8 Å². The van der Waals surface area contributed by atoms with Crippen LogP contribution >= 0.6 is 24.0 Å². The number of piperazine rings is 1. The normalized spacial score (nSPS) is 13.6. The van der Waals surface area contributed by atoms with Crippen LogP contribution in [0.15, 0.2) is 59.6 Å². The van der Waals surface area contributed by atoms with Crippen LogP contribution in [0.1, 0.15) is 22.3 Å². The smallest absolute Gasteiger partial charge is 0.254 e. The number of hydrogen-bond donors (Lipinski definition) is 3. The van der Waals surface area contributed by atoms with Gasteiger partial charge in [-0.15, -0.1) is 24.0 Å². The summed E-state index contributed by atoms with van der Waals surface area (Å²) >= 11 is 0. The van der Waals surface area contributed by atoms with E-state index in [9.17, 15) is 9.59 Å². The highest BCUT2D eigenvalue weighted by Crippen LogP contribution is 2.09. The molecule has 0 spiro atoms. The molecule has 1 aliphatic heterocycles. The summed E-state index contributed by atoms with van der Waals surface area (Å²) in [4.78, 5) is 29.8. The van der Waals surface area contributed by atoms with Gasteiger partial charge in [-0.05, 0) is 36.2 Å². The lowest BCUT2D eigenvalue weighted by atomic mass is 10.1. The zero-order chi connectivity index (χ0) is 21.9. The first-order chi connectivity index (χ1) is 15.2. The summed E-state index contributed by atoms with van der Waals surface area (Å²) in [6, 6.07) is 17.2. The number of para-hydroxylation sites is 1. The number of rotatable bonds is 8. The van der Waals surface area contributed by atoms with Crippen LogP contribution in [0.2, 0.25) is 0 Å². The number of nitrogens with zero attached hydrogens (tertiary/aromatic N) is 2. The second-order valence-corrected chi connectivity index (χ2v) is 7.14. The largest absolute Gasteiger partial charge is 0.494 e. The average Bonchev–Trinajstić information content (AvgIpc) is 2.81. The maximum atomic E-state index is 12.5. The zero-order valence-electron chi connectivity index (χ0n) is 18.2. The Morgan fingerprint density at radius 2 is 1.88 bits per heavy atom. The number of ether oxygens (including phenoxy) is 1. The minimum absolute atomic E-state index is 0. The Morgan fingerprint density at radius 1 is 1.12 bits per heavy atom.